The monoisotopic (exact) mass is 572 g/mol. The fraction of sp³-hybridized carbons (Fsp3) is 0.114. The molecule has 0 aliphatic rings. The standard InChI is InChI=1S/C35H29ClN4O2/c1-22-8-17-34-29(18-22)31(23(2)40(34)21-24-9-13-26(36)14-10-24)20-37-39-35(41)30-19-33(25-11-15-27(42-3)16-12-25)38-32-7-5-4-6-28(30)32/h4-20H,21H2,1-3H3,(H,39,41)/b37-20+. The highest BCUT2D eigenvalue weighted by Gasteiger charge is 2.16. The van der Waals surface area contributed by atoms with Crippen molar-refractivity contribution in [3.63, 3.8) is 0 Å². The van der Waals surface area contributed by atoms with Crippen molar-refractivity contribution >= 4 is 45.5 Å². The number of aryl methyl sites for hydroxylation is 1. The van der Waals surface area contributed by atoms with Crippen molar-refractivity contribution in [3.8, 4) is 17.0 Å². The number of nitrogens with zero attached hydrogens (tertiary/aromatic N) is 3. The third-order valence-electron chi connectivity index (χ3n) is 7.49. The average Bonchev–Trinajstić information content (AvgIpc) is 3.26. The van der Waals surface area contributed by atoms with Gasteiger partial charge in [0, 0.05) is 44.7 Å². The van der Waals surface area contributed by atoms with Crippen LogP contribution in [0.15, 0.2) is 102 Å². The van der Waals surface area contributed by atoms with E-state index in [4.69, 9.17) is 21.3 Å². The molecule has 2 heterocycles. The first-order chi connectivity index (χ1) is 20.4. The highest BCUT2D eigenvalue weighted by Crippen LogP contribution is 2.28. The minimum atomic E-state index is -0.307. The van der Waals surface area contributed by atoms with Crippen LogP contribution in [0.25, 0.3) is 33.1 Å². The Morgan fingerprint density at radius 3 is 2.48 bits per heavy atom. The molecular weight excluding hydrogens is 544 g/mol. The van der Waals surface area contributed by atoms with Crippen molar-refractivity contribution in [1.82, 2.24) is 15.0 Å². The first-order valence-electron chi connectivity index (χ1n) is 13.6. The number of amides is 1. The van der Waals surface area contributed by atoms with Gasteiger partial charge in [0.25, 0.3) is 5.91 Å². The van der Waals surface area contributed by atoms with Crippen LogP contribution >= 0.6 is 11.6 Å². The van der Waals surface area contributed by atoms with Gasteiger partial charge in [-0.1, -0.05) is 53.6 Å². The summed E-state index contributed by atoms with van der Waals surface area (Å²) < 4.78 is 7.55. The van der Waals surface area contributed by atoms with E-state index in [0.29, 0.717) is 22.8 Å². The Balaban J connectivity index is 1.33. The number of ether oxygens (including phenoxy) is 1. The number of carbonyl (C=O) groups is 1. The quantitative estimate of drug-likeness (QED) is 0.156. The number of para-hydroxylation sites is 1. The molecule has 0 radical (unpaired) electrons. The van der Waals surface area contributed by atoms with Crippen LogP contribution in [-0.2, 0) is 6.54 Å². The van der Waals surface area contributed by atoms with Gasteiger partial charge in [0.1, 0.15) is 5.75 Å². The number of hydrogen-bond donors (Lipinski definition) is 1. The van der Waals surface area contributed by atoms with Crippen LogP contribution in [-0.4, -0.2) is 28.8 Å². The maximum atomic E-state index is 13.5. The van der Waals surface area contributed by atoms with Crippen LogP contribution in [0.5, 0.6) is 5.75 Å². The van der Waals surface area contributed by atoms with E-state index in [2.05, 4.69) is 47.1 Å². The van der Waals surface area contributed by atoms with Gasteiger partial charge in [0.05, 0.1) is 30.1 Å². The summed E-state index contributed by atoms with van der Waals surface area (Å²) in [5, 5.41) is 6.98. The number of hydrogen-bond acceptors (Lipinski definition) is 4. The Morgan fingerprint density at radius 1 is 0.952 bits per heavy atom. The van der Waals surface area contributed by atoms with E-state index in [1.165, 1.54) is 0 Å². The topological polar surface area (TPSA) is 68.5 Å². The summed E-state index contributed by atoms with van der Waals surface area (Å²) in [6.45, 7) is 4.84. The number of carbonyl (C=O) groups excluding carboxylic acids is 1. The Bertz CT molecular complexity index is 1960. The van der Waals surface area contributed by atoms with Gasteiger partial charge in [-0.2, -0.15) is 5.10 Å². The summed E-state index contributed by atoms with van der Waals surface area (Å²) in [6, 6.07) is 31.3. The third-order valence-corrected chi connectivity index (χ3v) is 7.74. The lowest BCUT2D eigenvalue weighted by Crippen LogP contribution is -2.18. The summed E-state index contributed by atoms with van der Waals surface area (Å²) in [5.41, 5.74) is 11.0. The van der Waals surface area contributed by atoms with Crippen LogP contribution in [0.4, 0.5) is 0 Å². The summed E-state index contributed by atoms with van der Waals surface area (Å²) in [5.74, 6) is 0.449. The van der Waals surface area contributed by atoms with Crippen molar-refractivity contribution in [1.29, 1.82) is 0 Å². The highest BCUT2D eigenvalue weighted by molar-refractivity contribution is 6.30. The second-order valence-electron chi connectivity index (χ2n) is 10.2. The molecule has 6 nitrogen and oxygen atoms in total. The number of halogens is 1. The number of aromatic nitrogens is 2. The first-order valence-corrected chi connectivity index (χ1v) is 14.0. The molecule has 1 N–H and O–H groups in total. The lowest BCUT2D eigenvalue weighted by molar-refractivity contribution is 0.0956. The van der Waals surface area contributed by atoms with Gasteiger partial charge < -0.3 is 9.30 Å². The van der Waals surface area contributed by atoms with Crippen LogP contribution < -0.4 is 10.2 Å². The predicted octanol–water partition coefficient (Wildman–Crippen LogP) is 7.95. The second kappa shape index (κ2) is 11.5. The van der Waals surface area contributed by atoms with E-state index in [1.54, 1.807) is 13.3 Å². The lowest BCUT2D eigenvalue weighted by atomic mass is 10.0. The summed E-state index contributed by atoms with van der Waals surface area (Å²) in [4.78, 5) is 18.3. The van der Waals surface area contributed by atoms with Crippen molar-refractivity contribution in [2.75, 3.05) is 7.11 Å². The molecule has 1 amide bonds. The molecule has 0 aliphatic heterocycles. The number of pyridine rings is 1. The van der Waals surface area contributed by atoms with Gasteiger partial charge in [-0.25, -0.2) is 10.4 Å². The zero-order valence-electron chi connectivity index (χ0n) is 23.6. The minimum Gasteiger partial charge on any atom is -0.497 e. The van der Waals surface area contributed by atoms with Crippen molar-refractivity contribution in [3.05, 3.63) is 130 Å². The van der Waals surface area contributed by atoms with Gasteiger partial charge in [0.15, 0.2) is 0 Å². The Morgan fingerprint density at radius 2 is 1.71 bits per heavy atom. The van der Waals surface area contributed by atoms with Gasteiger partial charge in [-0.3, -0.25) is 4.79 Å². The van der Waals surface area contributed by atoms with Gasteiger partial charge >= 0.3 is 0 Å². The lowest BCUT2D eigenvalue weighted by Gasteiger charge is -2.10. The molecule has 0 unspecified atom stereocenters. The molecule has 0 spiro atoms. The van der Waals surface area contributed by atoms with E-state index < -0.39 is 0 Å². The van der Waals surface area contributed by atoms with Gasteiger partial charge in [-0.05, 0) is 80.1 Å². The Kier molecular flexibility index (Phi) is 7.46. The second-order valence-corrected chi connectivity index (χ2v) is 10.7. The van der Waals surface area contributed by atoms with Crippen LogP contribution in [0.3, 0.4) is 0 Å². The maximum absolute atomic E-state index is 13.5. The van der Waals surface area contributed by atoms with Gasteiger partial charge in [-0.15, -0.1) is 0 Å². The summed E-state index contributed by atoms with van der Waals surface area (Å²) >= 11 is 6.11. The largest absolute Gasteiger partial charge is 0.497 e. The van der Waals surface area contributed by atoms with Crippen LogP contribution in [0, 0.1) is 13.8 Å². The molecule has 0 fully saturated rings. The minimum absolute atomic E-state index is 0.307. The zero-order valence-corrected chi connectivity index (χ0v) is 24.3. The fourth-order valence-electron chi connectivity index (χ4n) is 5.25. The van der Waals surface area contributed by atoms with Crippen molar-refractivity contribution in [2.45, 2.75) is 20.4 Å². The molecule has 0 saturated heterocycles. The third kappa shape index (κ3) is 5.37. The SMILES string of the molecule is COc1ccc(-c2cc(C(=O)N/N=C/c3c(C)n(Cc4ccc(Cl)cc4)c4ccc(C)cc34)c3ccccc3n2)cc1. The Labute approximate surface area is 249 Å². The van der Waals surface area contributed by atoms with Crippen LogP contribution in [0.1, 0.15) is 32.7 Å². The molecule has 2 aromatic heterocycles. The molecule has 4 aromatic carbocycles. The van der Waals surface area contributed by atoms with E-state index in [1.807, 2.05) is 78.9 Å². The number of nitrogens with one attached hydrogen (secondary N) is 1. The fourth-order valence-corrected chi connectivity index (χ4v) is 5.38. The van der Waals surface area contributed by atoms with E-state index in [9.17, 15) is 4.79 Å². The number of benzene rings is 4. The Hall–Kier alpha value is -4.94. The molecule has 6 rings (SSSR count). The van der Waals surface area contributed by atoms with Crippen molar-refractivity contribution in [2.24, 2.45) is 5.10 Å². The van der Waals surface area contributed by atoms with E-state index in [-0.39, 0.29) is 5.91 Å². The normalized spacial score (nSPS) is 11.4. The van der Waals surface area contributed by atoms with Gasteiger partial charge in [0.2, 0.25) is 0 Å². The molecule has 0 aliphatic carbocycles. The van der Waals surface area contributed by atoms with Crippen LogP contribution in [0.2, 0.25) is 5.02 Å². The molecule has 0 bridgehead atoms. The summed E-state index contributed by atoms with van der Waals surface area (Å²) in [7, 11) is 1.63. The predicted molar refractivity (Wildman–Crippen MR) is 171 cm³/mol. The molecule has 0 atom stereocenters. The number of hydrazone groups is 1. The molecule has 7 heteroatoms. The smallest absolute Gasteiger partial charge is 0.272 e. The first kappa shape index (κ1) is 27.2. The zero-order chi connectivity index (χ0) is 29.2. The van der Waals surface area contributed by atoms with Crippen molar-refractivity contribution < 1.29 is 9.53 Å². The van der Waals surface area contributed by atoms with E-state index >= 15 is 0 Å². The average molecular weight is 573 g/mol. The molecular formula is C35H29ClN4O2. The molecule has 42 heavy (non-hydrogen) atoms. The number of fused-ring (bicyclic) bond motifs is 2. The molecule has 6 aromatic rings. The summed E-state index contributed by atoms with van der Waals surface area (Å²) in [6.07, 6.45) is 1.74. The highest BCUT2D eigenvalue weighted by atomic mass is 35.5. The maximum Gasteiger partial charge on any atom is 0.272 e. The number of methoxy groups -OCH3 is 1. The molecule has 208 valence electrons. The molecule has 0 saturated carbocycles. The van der Waals surface area contributed by atoms with E-state index in [0.717, 1.165) is 55.5 Å². The number of rotatable bonds is 7.